The first-order chi connectivity index (χ1) is 10.5. The molecule has 2 aliphatic rings. The lowest BCUT2D eigenvalue weighted by molar-refractivity contribution is -0.154. The summed E-state index contributed by atoms with van der Waals surface area (Å²) in [5.74, 6) is -2.12. The number of carbonyl (C=O) groups excluding carboxylic acids is 4. The number of rotatable bonds is 5. The van der Waals surface area contributed by atoms with Crippen LogP contribution in [-0.4, -0.2) is 45.3 Å². The second-order valence-electron chi connectivity index (χ2n) is 6.08. The molecule has 0 unspecified atom stereocenters. The van der Waals surface area contributed by atoms with Crippen molar-refractivity contribution >= 4 is 47.0 Å². The number of hydrogen-bond donors (Lipinski definition) is 2. The van der Waals surface area contributed by atoms with Crippen molar-refractivity contribution < 1.29 is 23.9 Å². The minimum Gasteiger partial charge on any atom is -0.455 e. The van der Waals surface area contributed by atoms with E-state index >= 15 is 0 Å². The lowest BCUT2D eigenvalue weighted by atomic mass is 10.00. The van der Waals surface area contributed by atoms with Gasteiger partial charge >= 0.3 is 12.0 Å². The molecule has 0 spiro atoms. The highest BCUT2D eigenvalue weighted by atomic mass is 35.5. The van der Waals surface area contributed by atoms with Crippen molar-refractivity contribution in [2.45, 2.75) is 43.5 Å². The van der Waals surface area contributed by atoms with E-state index in [0.717, 1.165) is 0 Å². The van der Waals surface area contributed by atoms with Crippen LogP contribution < -0.4 is 10.7 Å². The standard InChI is InChI=1S/C13H17Cl2N3O5/c1-4-12(3)8(20)18(10(22)16-12)17-7(19)5-23-9(21)11(2)6-13(11,14)15/h4-6H2,1-3H3,(H,16,22)(H,17,19)/t11-,12+/m1/s1. The summed E-state index contributed by atoms with van der Waals surface area (Å²) in [7, 11) is 0. The first kappa shape index (κ1) is 17.8. The van der Waals surface area contributed by atoms with Crippen LogP contribution in [0.5, 0.6) is 0 Å². The number of nitrogens with one attached hydrogen (secondary N) is 2. The van der Waals surface area contributed by atoms with E-state index in [-0.39, 0.29) is 6.42 Å². The molecule has 2 atom stereocenters. The molecule has 1 aliphatic carbocycles. The van der Waals surface area contributed by atoms with Gasteiger partial charge in [-0.3, -0.25) is 19.8 Å². The van der Waals surface area contributed by atoms with Crippen molar-refractivity contribution in [2.24, 2.45) is 5.41 Å². The molecule has 0 aromatic heterocycles. The number of alkyl halides is 2. The Hall–Kier alpha value is -1.54. The summed E-state index contributed by atoms with van der Waals surface area (Å²) in [4.78, 5) is 47.4. The highest BCUT2D eigenvalue weighted by Crippen LogP contribution is 2.64. The number of esters is 1. The number of hydrogen-bond acceptors (Lipinski definition) is 5. The zero-order valence-electron chi connectivity index (χ0n) is 12.9. The van der Waals surface area contributed by atoms with Crippen LogP contribution in [0.2, 0.25) is 0 Å². The maximum Gasteiger partial charge on any atom is 0.344 e. The second kappa shape index (κ2) is 5.52. The highest BCUT2D eigenvalue weighted by Gasteiger charge is 2.69. The summed E-state index contributed by atoms with van der Waals surface area (Å²) >= 11 is 11.7. The lowest BCUT2D eigenvalue weighted by Crippen LogP contribution is -2.49. The monoisotopic (exact) mass is 365 g/mol. The molecule has 128 valence electrons. The smallest absolute Gasteiger partial charge is 0.344 e. The van der Waals surface area contributed by atoms with Gasteiger partial charge in [-0.15, -0.1) is 23.2 Å². The van der Waals surface area contributed by atoms with Crippen LogP contribution in [-0.2, 0) is 19.1 Å². The molecule has 10 heteroatoms. The average molecular weight is 366 g/mol. The molecule has 23 heavy (non-hydrogen) atoms. The van der Waals surface area contributed by atoms with E-state index in [4.69, 9.17) is 27.9 Å². The summed E-state index contributed by atoms with van der Waals surface area (Å²) in [6.45, 7) is 4.15. The topological polar surface area (TPSA) is 105 Å². The number of nitrogens with zero attached hydrogens (tertiary/aromatic N) is 1. The molecule has 0 bridgehead atoms. The first-order valence-electron chi connectivity index (χ1n) is 6.98. The maximum absolute atomic E-state index is 12.1. The Balaban J connectivity index is 1.88. The molecule has 0 aromatic carbocycles. The van der Waals surface area contributed by atoms with Gasteiger partial charge in [0.25, 0.3) is 11.8 Å². The third kappa shape index (κ3) is 2.97. The predicted molar refractivity (Wildman–Crippen MR) is 80.3 cm³/mol. The van der Waals surface area contributed by atoms with Crippen LogP contribution in [0.25, 0.3) is 0 Å². The summed E-state index contributed by atoms with van der Waals surface area (Å²) in [6, 6.07) is -0.742. The fraction of sp³-hybridized carbons (Fsp3) is 0.692. The van der Waals surface area contributed by atoms with Crippen molar-refractivity contribution in [3.05, 3.63) is 0 Å². The van der Waals surface area contributed by atoms with Gasteiger partial charge in [0.15, 0.2) is 6.61 Å². The quantitative estimate of drug-likeness (QED) is 0.427. The molecular formula is C13H17Cl2N3O5. The molecule has 1 heterocycles. The first-order valence-corrected chi connectivity index (χ1v) is 7.74. The van der Waals surface area contributed by atoms with Crippen LogP contribution in [0.4, 0.5) is 4.79 Å². The molecular weight excluding hydrogens is 349 g/mol. The summed E-state index contributed by atoms with van der Waals surface area (Å²) in [6.07, 6.45) is 0.593. The van der Waals surface area contributed by atoms with Crippen LogP contribution >= 0.6 is 23.2 Å². The van der Waals surface area contributed by atoms with Gasteiger partial charge in [-0.2, -0.15) is 5.01 Å². The number of amides is 4. The molecule has 1 saturated carbocycles. The number of imide groups is 1. The minimum atomic E-state index is -1.20. The van der Waals surface area contributed by atoms with Crippen molar-refractivity contribution in [1.82, 2.24) is 15.8 Å². The van der Waals surface area contributed by atoms with Crippen molar-refractivity contribution in [2.75, 3.05) is 6.61 Å². The largest absolute Gasteiger partial charge is 0.455 e. The zero-order chi connectivity index (χ0) is 17.6. The number of urea groups is 1. The third-order valence-electron chi connectivity index (χ3n) is 4.25. The van der Waals surface area contributed by atoms with Crippen LogP contribution in [0.1, 0.15) is 33.6 Å². The Morgan fingerprint density at radius 3 is 2.35 bits per heavy atom. The van der Waals surface area contributed by atoms with Crippen molar-refractivity contribution in [1.29, 1.82) is 0 Å². The van der Waals surface area contributed by atoms with Gasteiger partial charge in [0.1, 0.15) is 15.3 Å². The van der Waals surface area contributed by atoms with Crippen LogP contribution in [0, 0.1) is 5.41 Å². The van der Waals surface area contributed by atoms with E-state index < -0.39 is 45.7 Å². The van der Waals surface area contributed by atoms with Gasteiger partial charge < -0.3 is 10.1 Å². The molecule has 4 amide bonds. The molecule has 2 rings (SSSR count). The Morgan fingerprint density at radius 2 is 1.91 bits per heavy atom. The van der Waals surface area contributed by atoms with E-state index in [1.165, 1.54) is 6.92 Å². The van der Waals surface area contributed by atoms with E-state index in [9.17, 15) is 19.2 Å². The van der Waals surface area contributed by atoms with Gasteiger partial charge in [0.05, 0.1) is 0 Å². The van der Waals surface area contributed by atoms with Gasteiger partial charge in [-0.25, -0.2) is 4.79 Å². The van der Waals surface area contributed by atoms with E-state index in [0.29, 0.717) is 11.4 Å². The summed E-state index contributed by atoms with van der Waals surface area (Å²) < 4.78 is 3.64. The number of halogens is 2. The molecule has 2 N–H and O–H groups in total. The van der Waals surface area contributed by atoms with Crippen LogP contribution in [0.15, 0.2) is 0 Å². The fourth-order valence-corrected chi connectivity index (χ4v) is 2.78. The fourth-order valence-electron chi connectivity index (χ4n) is 2.09. The van der Waals surface area contributed by atoms with E-state index in [1.54, 1.807) is 13.8 Å². The van der Waals surface area contributed by atoms with Crippen molar-refractivity contribution in [3.63, 3.8) is 0 Å². The Kier molecular flexibility index (Phi) is 4.28. The molecule has 0 radical (unpaired) electrons. The number of hydrazine groups is 1. The highest BCUT2D eigenvalue weighted by molar-refractivity contribution is 6.53. The number of ether oxygens (including phenoxy) is 1. The van der Waals surface area contributed by atoms with Gasteiger partial charge in [0.2, 0.25) is 0 Å². The number of carbonyl (C=O) groups is 4. The van der Waals surface area contributed by atoms with Gasteiger partial charge in [-0.05, 0) is 20.3 Å². The summed E-state index contributed by atoms with van der Waals surface area (Å²) in [5, 5.41) is 3.05. The average Bonchev–Trinajstić information content (AvgIpc) is 2.92. The third-order valence-corrected chi connectivity index (χ3v) is 5.35. The lowest BCUT2D eigenvalue weighted by Gasteiger charge is -2.19. The summed E-state index contributed by atoms with van der Waals surface area (Å²) in [5.41, 5.74) is -0.0221. The zero-order valence-corrected chi connectivity index (χ0v) is 14.4. The maximum atomic E-state index is 12.1. The Bertz CT molecular complexity index is 596. The normalized spacial score (nSPS) is 31.6. The van der Waals surface area contributed by atoms with Gasteiger partial charge in [-0.1, -0.05) is 6.92 Å². The second-order valence-corrected chi connectivity index (χ2v) is 7.56. The van der Waals surface area contributed by atoms with Crippen molar-refractivity contribution in [3.8, 4) is 0 Å². The van der Waals surface area contributed by atoms with Gasteiger partial charge in [0, 0.05) is 6.42 Å². The molecule has 8 nitrogen and oxygen atoms in total. The molecule has 2 fully saturated rings. The predicted octanol–water partition coefficient (Wildman–Crippen LogP) is 0.865. The van der Waals surface area contributed by atoms with Crippen LogP contribution in [0.3, 0.4) is 0 Å². The SMILES string of the molecule is CC[C@]1(C)NC(=O)N(NC(=O)COC(=O)[C@@]2(C)CC2(Cl)Cl)C1=O. The van der Waals surface area contributed by atoms with E-state index in [1.807, 2.05) is 0 Å². The van der Waals surface area contributed by atoms with E-state index in [2.05, 4.69) is 10.7 Å². The molecule has 0 aromatic rings. The Morgan fingerprint density at radius 1 is 1.35 bits per heavy atom. The minimum absolute atomic E-state index is 0.228. The Labute approximate surface area is 142 Å². The molecule has 1 saturated heterocycles. The molecule has 1 aliphatic heterocycles.